The van der Waals surface area contributed by atoms with Gasteiger partial charge < -0.3 is 4.90 Å². The van der Waals surface area contributed by atoms with E-state index < -0.39 is 0 Å². The lowest BCUT2D eigenvalue weighted by Gasteiger charge is -2.27. The third kappa shape index (κ3) is 4.31. The van der Waals surface area contributed by atoms with Gasteiger partial charge in [-0.3, -0.25) is 4.79 Å². The molecule has 116 valence electrons. The molecule has 0 spiro atoms. The first kappa shape index (κ1) is 16.5. The van der Waals surface area contributed by atoms with Crippen molar-refractivity contribution in [1.29, 1.82) is 5.26 Å². The van der Waals surface area contributed by atoms with Crippen molar-refractivity contribution in [3.8, 4) is 6.07 Å². The maximum atomic E-state index is 12.5. The summed E-state index contributed by atoms with van der Waals surface area (Å²) >= 11 is 0. The minimum atomic E-state index is -0.0410. The standard InChI is InChI=1S/C20H20N2O/c1-3-22(16(2)19-12-9-18(15-21)10-13-19)20(23)14-11-17-7-5-4-6-8-17/h4-14,16H,3H2,1-2H3/b14-11+. The van der Waals surface area contributed by atoms with Crippen molar-refractivity contribution in [3.05, 3.63) is 77.4 Å². The first-order chi connectivity index (χ1) is 11.2. The molecule has 2 aromatic carbocycles. The van der Waals surface area contributed by atoms with E-state index >= 15 is 0 Å². The van der Waals surface area contributed by atoms with Crippen LogP contribution in [0.1, 0.15) is 36.6 Å². The Morgan fingerprint density at radius 1 is 1.17 bits per heavy atom. The van der Waals surface area contributed by atoms with Crippen LogP contribution in [-0.4, -0.2) is 17.4 Å². The average Bonchev–Trinajstić information content (AvgIpc) is 2.61. The van der Waals surface area contributed by atoms with Gasteiger partial charge in [-0.05, 0) is 43.2 Å². The van der Waals surface area contributed by atoms with Crippen LogP contribution in [0.15, 0.2) is 60.7 Å². The Bertz CT molecular complexity index is 712. The molecule has 0 aliphatic heterocycles. The molecule has 2 rings (SSSR count). The number of carbonyl (C=O) groups is 1. The maximum Gasteiger partial charge on any atom is 0.247 e. The molecule has 1 atom stereocenters. The van der Waals surface area contributed by atoms with Crippen LogP contribution in [0.25, 0.3) is 6.08 Å². The first-order valence-electron chi connectivity index (χ1n) is 7.69. The first-order valence-corrected chi connectivity index (χ1v) is 7.69. The van der Waals surface area contributed by atoms with E-state index in [1.54, 1.807) is 23.1 Å². The van der Waals surface area contributed by atoms with Crippen molar-refractivity contribution < 1.29 is 4.79 Å². The zero-order valence-electron chi connectivity index (χ0n) is 13.4. The molecule has 0 aliphatic rings. The third-order valence-corrected chi connectivity index (χ3v) is 3.83. The molecular weight excluding hydrogens is 284 g/mol. The lowest BCUT2D eigenvalue weighted by Crippen LogP contribution is -2.32. The molecule has 0 aliphatic carbocycles. The highest BCUT2D eigenvalue weighted by Gasteiger charge is 2.17. The number of benzene rings is 2. The summed E-state index contributed by atoms with van der Waals surface area (Å²) in [5, 5.41) is 8.87. The summed E-state index contributed by atoms with van der Waals surface area (Å²) in [5.74, 6) is -0.0202. The van der Waals surface area contributed by atoms with Gasteiger partial charge in [-0.2, -0.15) is 5.26 Å². The molecule has 0 saturated heterocycles. The van der Waals surface area contributed by atoms with Gasteiger partial charge in [0.05, 0.1) is 17.7 Å². The number of amides is 1. The minimum absolute atomic E-state index is 0.0202. The Morgan fingerprint density at radius 2 is 1.83 bits per heavy atom. The maximum absolute atomic E-state index is 12.5. The molecule has 0 saturated carbocycles. The van der Waals surface area contributed by atoms with Crippen molar-refractivity contribution in [3.63, 3.8) is 0 Å². The van der Waals surface area contributed by atoms with Gasteiger partial charge >= 0.3 is 0 Å². The highest BCUT2D eigenvalue weighted by atomic mass is 16.2. The number of hydrogen-bond donors (Lipinski definition) is 0. The number of rotatable bonds is 5. The van der Waals surface area contributed by atoms with E-state index in [9.17, 15) is 4.79 Å². The van der Waals surface area contributed by atoms with Crippen LogP contribution in [0, 0.1) is 11.3 Å². The number of hydrogen-bond acceptors (Lipinski definition) is 2. The van der Waals surface area contributed by atoms with Crippen molar-refractivity contribution in [2.45, 2.75) is 19.9 Å². The highest BCUT2D eigenvalue weighted by molar-refractivity contribution is 5.92. The average molecular weight is 304 g/mol. The van der Waals surface area contributed by atoms with E-state index in [0.29, 0.717) is 12.1 Å². The summed E-state index contributed by atoms with van der Waals surface area (Å²) < 4.78 is 0. The topological polar surface area (TPSA) is 44.1 Å². The van der Waals surface area contributed by atoms with Crippen LogP contribution < -0.4 is 0 Å². The smallest absolute Gasteiger partial charge is 0.247 e. The van der Waals surface area contributed by atoms with E-state index in [-0.39, 0.29) is 11.9 Å². The molecule has 1 unspecified atom stereocenters. The Hall–Kier alpha value is -2.86. The normalized spacial score (nSPS) is 11.9. The fraction of sp³-hybridized carbons (Fsp3) is 0.200. The Kier molecular flexibility index (Phi) is 5.71. The molecule has 0 bridgehead atoms. The van der Waals surface area contributed by atoms with Crippen molar-refractivity contribution in [2.75, 3.05) is 6.54 Å². The zero-order chi connectivity index (χ0) is 16.7. The molecule has 23 heavy (non-hydrogen) atoms. The summed E-state index contributed by atoms with van der Waals surface area (Å²) in [6, 6.07) is 19.2. The second kappa shape index (κ2) is 7.95. The molecule has 0 fully saturated rings. The third-order valence-electron chi connectivity index (χ3n) is 3.83. The SMILES string of the molecule is CCN(C(=O)/C=C/c1ccccc1)C(C)c1ccc(C#N)cc1. The predicted molar refractivity (Wildman–Crippen MR) is 92.4 cm³/mol. The summed E-state index contributed by atoms with van der Waals surface area (Å²) in [6.45, 7) is 4.59. The van der Waals surface area contributed by atoms with Crippen molar-refractivity contribution in [1.82, 2.24) is 4.90 Å². The molecule has 3 heteroatoms. The van der Waals surface area contributed by atoms with Gasteiger partial charge in [-0.15, -0.1) is 0 Å². The number of nitriles is 1. The Balaban J connectivity index is 2.12. The van der Waals surface area contributed by atoms with E-state index in [4.69, 9.17) is 5.26 Å². The van der Waals surface area contributed by atoms with Crippen molar-refractivity contribution >= 4 is 12.0 Å². The van der Waals surface area contributed by atoms with E-state index in [0.717, 1.165) is 11.1 Å². The van der Waals surface area contributed by atoms with Gasteiger partial charge in [0.15, 0.2) is 0 Å². The molecule has 2 aromatic rings. The van der Waals surface area contributed by atoms with Gasteiger partial charge in [0, 0.05) is 12.6 Å². The van der Waals surface area contributed by atoms with Crippen LogP contribution in [0.3, 0.4) is 0 Å². The molecule has 0 N–H and O–H groups in total. The van der Waals surface area contributed by atoms with Gasteiger partial charge in [-0.25, -0.2) is 0 Å². The summed E-state index contributed by atoms with van der Waals surface area (Å²) in [5.41, 5.74) is 2.65. The predicted octanol–water partition coefficient (Wildman–Crippen LogP) is 4.18. The number of likely N-dealkylation sites (N-methyl/N-ethyl adjacent to an activating group) is 1. The van der Waals surface area contributed by atoms with Crippen molar-refractivity contribution in [2.24, 2.45) is 0 Å². The van der Waals surface area contributed by atoms with Crippen LogP contribution in [0.5, 0.6) is 0 Å². The Labute approximate surface area is 137 Å². The van der Waals surface area contributed by atoms with Gasteiger partial charge in [0.1, 0.15) is 0 Å². The van der Waals surface area contributed by atoms with Crippen LogP contribution in [-0.2, 0) is 4.79 Å². The largest absolute Gasteiger partial charge is 0.333 e. The zero-order valence-corrected chi connectivity index (χ0v) is 13.4. The van der Waals surface area contributed by atoms with E-state index in [1.807, 2.05) is 62.4 Å². The molecule has 0 radical (unpaired) electrons. The van der Waals surface area contributed by atoms with Gasteiger partial charge in [0.25, 0.3) is 0 Å². The van der Waals surface area contributed by atoms with E-state index in [1.165, 1.54) is 0 Å². The number of carbonyl (C=O) groups excluding carboxylic acids is 1. The lowest BCUT2D eigenvalue weighted by atomic mass is 10.0. The summed E-state index contributed by atoms with van der Waals surface area (Å²) in [7, 11) is 0. The van der Waals surface area contributed by atoms with E-state index in [2.05, 4.69) is 6.07 Å². The second-order valence-electron chi connectivity index (χ2n) is 5.28. The molecule has 0 aromatic heterocycles. The second-order valence-corrected chi connectivity index (χ2v) is 5.28. The van der Waals surface area contributed by atoms with Gasteiger partial charge in [-0.1, -0.05) is 42.5 Å². The summed E-state index contributed by atoms with van der Waals surface area (Å²) in [4.78, 5) is 14.3. The summed E-state index contributed by atoms with van der Waals surface area (Å²) in [6.07, 6.45) is 3.44. The monoisotopic (exact) mass is 304 g/mol. The van der Waals surface area contributed by atoms with Crippen LogP contribution >= 0.6 is 0 Å². The fourth-order valence-electron chi connectivity index (χ4n) is 2.46. The fourth-order valence-corrected chi connectivity index (χ4v) is 2.46. The van der Waals surface area contributed by atoms with Crippen LogP contribution in [0.2, 0.25) is 0 Å². The quantitative estimate of drug-likeness (QED) is 0.778. The molecular formula is C20H20N2O. The minimum Gasteiger partial charge on any atom is -0.333 e. The Morgan fingerprint density at radius 3 is 2.39 bits per heavy atom. The van der Waals surface area contributed by atoms with Gasteiger partial charge in [0.2, 0.25) is 5.91 Å². The highest BCUT2D eigenvalue weighted by Crippen LogP contribution is 2.21. The number of nitrogens with zero attached hydrogens (tertiary/aromatic N) is 2. The molecule has 0 heterocycles. The molecule has 3 nitrogen and oxygen atoms in total. The van der Waals surface area contributed by atoms with Crippen LogP contribution in [0.4, 0.5) is 0 Å². The lowest BCUT2D eigenvalue weighted by molar-refractivity contribution is -0.127. The molecule has 1 amide bonds.